The third kappa shape index (κ3) is 2.01. The quantitative estimate of drug-likeness (QED) is 0.681. The first-order chi connectivity index (χ1) is 6.92. The first-order valence-corrected chi connectivity index (χ1v) is 5.52. The van der Waals surface area contributed by atoms with Crippen LogP contribution < -0.4 is 0 Å². The van der Waals surface area contributed by atoms with Crippen molar-refractivity contribution >= 4 is 0 Å². The van der Waals surface area contributed by atoms with Gasteiger partial charge in [0.15, 0.2) is 0 Å². The number of rotatable bonds is 3. The van der Waals surface area contributed by atoms with Crippen LogP contribution in [0.5, 0.6) is 0 Å². The highest BCUT2D eigenvalue weighted by Gasteiger charge is 2.24. The second kappa shape index (κ2) is 4.65. The lowest BCUT2D eigenvalue weighted by Gasteiger charge is -2.38. The molecule has 0 aromatic heterocycles. The third-order valence-corrected chi connectivity index (χ3v) is 3.15. The van der Waals surface area contributed by atoms with E-state index in [1.807, 2.05) is 0 Å². The molecule has 0 radical (unpaired) electrons. The minimum atomic E-state index is 0.783. The van der Waals surface area contributed by atoms with Gasteiger partial charge in [-0.25, -0.2) is 0 Å². The molecule has 2 heteroatoms. The number of likely N-dealkylation sites (tertiary alicyclic amines) is 1. The summed E-state index contributed by atoms with van der Waals surface area (Å²) in [4.78, 5) is 2.49. The van der Waals surface area contributed by atoms with E-state index in [-0.39, 0.29) is 0 Å². The maximum Gasteiger partial charge on any atom is 0.0637 e. The molecule has 2 rings (SSSR count). The van der Waals surface area contributed by atoms with Gasteiger partial charge in [0, 0.05) is 31.8 Å². The minimum Gasteiger partial charge on any atom is -0.383 e. The lowest BCUT2D eigenvalue weighted by atomic mass is 9.88. The van der Waals surface area contributed by atoms with Gasteiger partial charge in [0.05, 0.1) is 6.61 Å². The largest absolute Gasteiger partial charge is 0.383 e. The standard InChI is InChI=1S/C12H19NO/c1-14-10-9-13-8-4-6-11-5-2-3-7-12(11)13/h2-3,7,11H,4-6,8-10H2,1H3. The molecule has 0 spiro atoms. The topological polar surface area (TPSA) is 12.5 Å². The molecule has 1 atom stereocenters. The molecule has 2 aliphatic rings. The maximum atomic E-state index is 5.14. The van der Waals surface area contributed by atoms with Crippen molar-refractivity contribution < 1.29 is 4.74 Å². The van der Waals surface area contributed by atoms with Crippen molar-refractivity contribution in [2.75, 3.05) is 26.8 Å². The summed E-state index contributed by atoms with van der Waals surface area (Å²) in [6.45, 7) is 3.10. The number of piperidine rings is 1. The molecule has 0 aromatic rings. The predicted octanol–water partition coefficient (Wildman–Crippen LogP) is 2.19. The Bertz CT molecular complexity index is 245. The van der Waals surface area contributed by atoms with Gasteiger partial charge >= 0.3 is 0 Å². The molecular formula is C12H19NO. The Morgan fingerprint density at radius 1 is 1.57 bits per heavy atom. The molecule has 14 heavy (non-hydrogen) atoms. The zero-order valence-electron chi connectivity index (χ0n) is 8.91. The Labute approximate surface area is 86.2 Å². The van der Waals surface area contributed by atoms with Crippen LogP contribution in [0.1, 0.15) is 19.3 Å². The highest BCUT2D eigenvalue weighted by molar-refractivity contribution is 5.21. The molecule has 78 valence electrons. The number of methoxy groups -OCH3 is 1. The van der Waals surface area contributed by atoms with Crippen LogP contribution in [0.2, 0.25) is 0 Å². The highest BCUT2D eigenvalue weighted by atomic mass is 16.5. The van der Waals surface area contributed by atoms with E-state index in [4.69, 9.17) is 4.74 Å². The summed E-state index contributed by atoms with van der Waals surface area (Å²) in [6, 6.07) is 0. The number of hydrogen-bond acceptors (Lipinski definition) is 2. The van der Waals surface area contributed by atoms with Crippen LogP contribution >= 0.6 is 0 Å². The first kappa shape index (κ1) is 9.78. The van der Waals surface area contributed by atoms with Crippen LogP contribution in [0.25, 0.3) is 0 Å². The number of hydrogen-bond donors (Lipinski definition) is 0. The van der Waals surface area contributed by atoms with E-state index in [0.717, 1.165) is 19.1 Å². The van der Waals surface area contributed by atoms with E-state index in [0.29, 0.717) is 0 Å². The normalized spacial score (nSPS) is 25.9. The summed E-state index contributed by atoms with van der Waals surface area (Å²) in [5.74, 6) is 0.783. The minimum absolute atomic E-state index is 0.783. The molecule has 2 nitrogen and oxygen atoms in total. The van der Waals surface area contributed by atoms with Crippen molar-refractivity contribution in [3.63, 3.8) is 0 Å². The van der Waals surface area contributed by atoms with Gasteiger partial charge in [-0.05, 0) is 25.3 Å². The molecular weight excluding hydrogens is 174 g/mol. The molecule has 1 heterocycles. The van der Waals surface area contributed by atoms with Gasteiger partial charge in [-0.1, -0.05) is 12.2 Å². The van der Waals surface area contributed by atoms with Gasteiger partial charge in [0.1, 0.15) is 0 Å². The fourth-order valence-electron chi connectivity index (χ4n) is 2.40. The van der Waals surface area contributed by atoms with E-state index in [9.17, 15) is 0 Å². The lowest BCUT2D eigenvalue weighted by Crippen LogP contribution is -2.35. The Kier molecular flexibility index (Phi) is 3.25. The van der Waals surface area contributed by atoms with Gasteiger partial charge in [-0.15, -0.1) is 0 Å². The average Bonchev–Trinajstić information content (AvgIpc) is 2.26. The molecule has 1 unspecified atom stereocenters. The Balaban J connectivity index is 2.00. The van der Waals surface area contributed by atoms with Crippen molar-refractivity contribution in [2.45, 2.75) is 19.3 Å². The van der Waals surface area contributed by atoms with E-state index in [2.05, 4.69) is 23.1 Å². The zero-order valence-corrected chi connectivity index (χ0v) is 8.91. The van der Waals surface area contributed by atoms with Crippen LogP contribution in [-0.4, -0.2) is 31.7 Å². The molecule has 0 amide bonds. The zero-order chi connectivity index (χ0) is 9.80. The smallest absolute Gasteiger partial charge is 0.0637 e. The fourth-order valence-corrected chi connectivity index (χ4v) is 2.40. The Hall–Kier alpha value is -0.760. The second-order valence-corrected chi connectivity index (χ2v) is 4.07. The van der Waals surface area contributed by atoms with Crippen LogP contribution in [0.15, 0.2) is 23.9 Å². The van der Waals surface area contributed by atoms with Crippen molar-refractivity contribution in [3.05, 3.63) is 23.9 Å². The molecule has 1 fully saturated rings. The summed E-state index contributed by atoms with van der Waals surface area (Å²) in [5.41, 5.74) is 1.54. The van der Waals surface area contributed by atoms with E-state index < -0.39 is 0 Å². The third-order valence-electron chi connectivity index (χ3n) is 3.15. The highest BCUT2D eigenvalue weighted by Crippen LogP contribution is 2.31. The number of nitrogens with zero attached hydrogens (tertiary/aromatic N) is 1. The van der Waals surface area contributed by atoms with Crippen LogP contribution in [0.3, 0.4) is 0 Å². The molecule has 0 aromatic carbocycles. The van der Waals surface area contributed by atoms with Crippen LogP contribution in [-0.2, 0) is 4.74 Å². The molecule has 1 saturated heterocycles. The molecule has 0 bridgehead atoms. The summed E-state index contributed by atoms with van der Waals surface area (Å²) in [7, 11) is 1.77. The predicted molar refractivity (Wildman–Crippen MR) is 58.0 cm³/mol. The van der Waals surface area contributed by atoms with E-state index >= 15 is 0 Å². The summed E-state index contributed by atoms with van der Waals surface area (Å²) in [6.07, 6.45) is 10.7. The molecule has 1 aliphatic heterocycles. The summed E-state index contributed by atoms with van der Waals surface area (Å²) in [5, 5.41) is 0. The van der Waals surface area contributed by atoms with E-state index in [1.54, 1.807) is 7.11 Å². The summed E-state index contributed by atoms with van der Waals surface area (Å²) >= 11 is 0. The SMILES string of the molecule is COCCN1CCCC2CC=CC=C21. The van der Waals surface area contributed by atoms with Gasteiger partial charge in [0.25, 0.3) is 0 Å². The van der Waals surface area contributed by atoms with Crippen molar-refractivity contribution in [1.82, 2.24) is 4.90 Å². The second-order valence-electron chi connectivity index (χ2n) is 4.07. The Morgan fingerprint density at radius 2 is 2.50 bits per heavy atom. The lowest BCUT2D eigenvalue weighted by molar-refractivity contribution is 0.144. The number of allylic oxidation sites excluding steroid dienone is 4. The van der Waals surface area contributed by atoms with Crippen molar-refractivity contribution in [3.8, 4) is 0 Å². The van der Waals surface area contributed by atoms with Crippen LogP contribution in [0, 0.1) is 5.92 Å². The molecule has 0 N–H and O–H groups in total. The average molecular weight is 193 g/mol. The number of fused-ring (bicyclic) bond motifs is 1. The summed E-state index contributed by atoms with van der Waals surface area (Å²) < 4.78 is 5.14. The Morgan fingerprint density at radius 3 is 3.36 bits per heavy atom. The maximum absolute atomic E-state index is 5.14. The van der Waals surface area contributed by atoms with Gasteiger partial charge in [0.2, 0.25) is 0 Å². The fraction of sp³-hybridized carbons (Fsp3) is 0.667. The first-order valence-electron chi connectivity index (χ1n) is 5.52. The molecule has 1 aliphatic carbocycles. The number of ether oxygens (including phenoxy) is 1. The monoisotopic (exact) mass is 193 g/mol. The molecule has 0 saturated carbocycles. The van der Waals surface area contributed by atoms with Gasteiger partial charge in [-0.3, -0.25) is 0 Å². The van der Waals surface area contributed by atoms with Gasteiger partial charge < -0.3 is 9.64 Å². The van der Waals surface area contributed by atoms with Crippen molar-refractivity contribution in [1.29, 1.82) is 0 Å². The van der Waals surface area contributed by atoms with Crippen molar-refractivity contribution in [2.24, 2.45) is 5.92 Å². The van der Waals surface area contributed by atoms with E-state index in [1.165, 1.54) is 31.5 Å². The van der Waals surface area contributed by atoms with Gasteiger partial charge in [-0.2, -0.15) is 0 Å². The van der Waals surface area contributed by atoms with Crippen LogP contribution in [0.4, 0.5) is 0 Å².